The van der Waals surface area contributed by atoms with Crippen LogP contribution in [0.15, 0.2) is 36.9 Å². The summed E-state index contributed by atoms with van der Waals surface area (Å²) in [5.74, 6) is -0.875. The number of carbonyl (C=O) groups is 1. The van der Waals surface area contributed by atoms with Crippen molar-refractivity contribution in [2.75, 3.05) is 18.4 Å². The van der Waals surface area contributed by atoms with Gasteiger partial charge in [-0.1, -0.05) is 13.0 Å². The second kappa shape index (κ2) is 9.35. The number of hydrogen-bond donors (Lipinski definition) is 1. The summed E-state index contributed by atoms with van der Waals surface area (Å²) in [6, 6.07) is 2.49. The first kappa shape index (κ1) is 23.6. The number of aromatic nitrogens is 5. The van der Waals surface area contributed by atoms with Crippen molar-refractivity contribution in [1.29, 1.82) is 0 Å². The average Bonchev–Trinajstić information content (AvgIpc) is 3.33. The molecule has 1 fully saturated rings. The van der Waals surface area contributed by atoms with Crippen LogP contribution in [0.1, 0.15) is 41.3 Å². The van der Waals surface area contributed by atoms with Crippen molar-refractivity contribution in [2.45, 2.75) is 38.9 Å². The molecule has 1 aromatic carbocycles. The zero-order chi connectivity index (χ0) is 24.5. The van der Waals surface area contributed by atoms with Crippen LogP contribution in [0.25, 0.3) is 5.69 Å². The Bertz CT molecular complexity index is 1150. The summed E-state index contributed by atoms with van der Waals surface area (Å²) in [7, 11) is 0. The van der Waals surface area contributed by atoms with Gasteiger partial charge in [0.25, 0.3) is 5.91 Å². The number of benzene rings is 1. The molecular weight excluding hydrogens is 454 g/mol. The number of anilines is 1. The van der Waals surface area contributed by atoms with Crippen LogP contribution in [0.4, 0.5) is 23.5 Å². The molecule has 3 aromatic rings. The van der Waals surface area contributed by atoms with E-state index in [2.05, 4.69) is 25.5 Å². The summed E-state index contributed by atoms with van der Waals surface area (Å²) >= 11 is 0. The van der Waals surface area contributed by atoms with Crippen LogP contribution in [0.2, 0.25) is 0 Å². The predicted octanol–water partition coefficient (Wildman–Crippen LogP) is 3.88. The first-order valence-electron chi connectivity index (χ1n) is 10.8. The molecule has 1 N–H and O–H groups in total. The van der Waals surface area contributed by atoms with Crippen LogP contribution >= 0.6 is 0 Å². The van der Waals surface area contributed by atoms with Crippen molar-refractivity contribution in [1.82, 2.24) is 29.9 Å². The molecule has 0 bridgehead atoms. The van der Waals surface area contributed by atoms with Crippen molar-refractivity contribution >= 4 is 11.9 Å². The highest BCUT2D eigenvalue weighted by molar-refractivity contribution is 5.99. The highest BCUT2D eigenvalue weighted by Gasteiger charge is 2.35. The van der Waals surface area contributed by atoms with Gasteiger partial charge in [0.1, 0.15) is 5.69 Å². The smallest absolute Gasteiger partial charge is 0.352 e. The second-order valence-corrected chi connectivity index (χ2v) is 8.27. The van der Waals surface area contributed by atoms with Gasteiger partial charge in [-0.05, 0) is 37.3 Å². The molecule has 1 amide bonds. The predicted molar refractivity (Wildman–Crippen MR) is 115 cm³/mol. The maximum absolute atomic E-state index is 14.8. The second-order valence-electron chi connectivity index (χ2n) is 8.27. The van der Waals surface area contributed by atoms with Crippen LogP contribution in [-0.2, 0) is 6.18 Å². The quantitative estimate of drug-likeness (QED) is 0.562. The van der Waals surface area contributed by atoms with Crippen molar-refractivity contribution in [3.8, 4) is 5.69 Å². The third kappa shape index (κ3) is 4.70. The molecule has 1 aliphatic heterocycles. The first-order valence-corrected chi connectivity index (χ1v) is 10.8. The van der Waals surface area contributed by atoms with E-state index in [1.807, 2.05) is 6.92 Å². The zero-order valence-electron chi connectivity index (χ0n) is 18.6. The normalized spacial score (nSPS) is 18.7. The van der Waals surface area contributed by atoms with Gasteiger partial charge in [-0.25, -0.2) is 14.4 Å². The van der Waals surface area contributed by atoms with E-state index in [-0.39, 0.29) is 41.6 Å². The molecule has 2 aromatic heterocycles. The van der Waals surface area contributed by atoms with Crippen LogP contribution < -0.4 is 5.32 Å². The van der Waals surface area contributed by atoms with Gasteiger partial charge in [-0.2, -0.15) is 23.4 Å². The standard InChI is InChI=1S/C22H23F4N7O/c1-13-4-3-9-32(17(13)12-29-21-27-10-15(11-28-21)22(24,25)26)20(34)18-14(2)5-6-16(23)19(18)33-30-7-8-31-33/h5-8,10-11,13,17H,3-4,9,12H2,1-2H3,(H,27,28,29)/t13-,17-/m1/s1. The zero-order valence-corrected chi connectivity index (χ0v) is 18.6. The summed E-state index contributed by atoms with van der Waals surface area (Å²) in [5.41, 5.74) is -0.218. The van der Waals surface area contributed by atoms with Crippen LogP contribution in [0.5, 0.6) is 0 Å². The molecule has 1 saturated heterocycles. The van der Waals surface area contributed by atoms with Crippen molar-refractivity contribution < 1.29 is 22.4 Å². The van der Waals surface area contributed by atoms with E-state index < -0.39 is 17.6 Å². The third-order valence-corrected chi connectivity index (χ3v) is 5.99. The van der Waals surface area contributed by atoms with Crippen molar-refractivity contribution in [3.05, 3.63) is 59.4 Å². The Hall–Kier alpha value is -3.57. The number of piperidine rings is 1. The van der Waals surface area contributed by atoms with E-state index in [4.69, 9.17) is 0 Å². The number of nitrogens with one attached hydrogen (secondary N) is 1. The minimum atomic E-state index is -4.52. The van der Waals surface area contributed by atoms with E-state index >= 15 is 0 Å². The lowest BCUT2D eigenvalue weighted by Gasteiger charge is -2.40. The van der Waals surface area contributed by atoms with Gasteiger partial charge in [0.15, 0.2) is 5.82 Å². The van der Waals surface area contributed by atoms with Gasteiger partial charge in [-0.15, -0.1) is 4.80 Å². The molecule has 8 nitrogen and oxygen atoms in total. The van der Waals surface area contributed by atoms with Gasteiger partial charge in [0.05, 0.1) is 29.6 Å². The number of carbonyl (C=O) groups excluding carboxylic acids is 1. The maximum Gasteiger partial charge on any atom is 0.419 e. The highest BCUT2D eigenvalue weighted by Crippen LogP contribution is 2.30. The summed E-state index contributed by atoms with van der Waals surface area (Å²) in [6.45, 7) is 4.39. The fourth-order valence-electron chi connectivity index (χ4n) is 4.18. The van der Waals surface area contributed by atoms with E-state index in [1.165, 1.54) is 24.5 Å². The lowest BCUT2D eigenvalue weighted by molar-refractivity contribution is -0.138. The monoisotopic (exact) mass is 477 g/mol. The van der Waals surface area contributed by atoms with E-state index in [0.717, 1.165) is 17.6 Å². The van der Waals surface area contributed by atoms with Gasteiger partial charge >= 0.3 is 6.18 Å². The number of aryl methyl sites for hydroxylation is 1. The highest BCUT2D eigenvalue weighted by atomic mass is 19.4. The minimum Gasteiger partial charge on any atom is -0.352 e. The molecule has 0 unspecified atom stereocenters. The number of halogens is 4. The summed E-state index contributed by atoms with van der Waals surface area (Å²) in [5, 5.41) is 10.9. The first-order chi connectivity index (χ1) is 16.2. The van der Waals surface area contributed by atoms with E-state index in [1.54, 1.807) is 11.8 Å². The molecule has 34 heavy (non-hydrogen) atoms. The molecule has 12 heteroatoms. The Kier molecular flexibility index (Phi) is 6.49. The Morgan fingerprint density at radius 3 is 2.50 bits per heavy atom. The number of hydrogen-bond acceptors (Lipinski definition) is 6. The Morgan fingerprint density at radius 2 is 1.85 bits per heavy atom. The minimum absolute atomic E-state index is 0.0222. The third-order valence-electron chi connectivity index (χ3n) is 5.99. The number of alkyl halides is 3. The van der Waals surface area contributed by atoms with E-state index in [9.17, 15) is 22.4 Å². The fourth-order valence-corrected chi connectivity index (χ4v) is 4.18. The molecule has 4 rings (SSSR count). The molecule has 0 saturated carbocycles. The summed E-state index contributed by atoms with van der Waals surface area (Å²) in [6.07, 6.45) is 1.32. The van der Waals surface area contributed by atoms with Crippen LogP contribution in [0.3, 0.4) is 0 Å². The number of likely N-dealkylation sites (tertiary alicyclic amines) is 1. The lowest BCUT2D eigenvalue weighted by Crippen LogP contribution is -2.51. The van der Waals surface area contributed by atoms with Crippen molar-refractivity contribution in [3.63, 3.8) is 0 Å². The lowest BCUT2D eigenvalue weighted by atomic mass is 9.89. The van der Waals surface area contributed by atoms with Gasteiger partial charge < -0.3 is 10.2 Å². The molecule has 0 aliphatic carbocycles. The molecular formula is C22H23F4N7O. The van der Waals surface area contributed by atoms with Gasteiger partial charge in [0.2, 0.25) is 5.95 Å². The Labute approximate surface area is 193 Å². The van der Waals surface area contributed by atoms with Crippen LogP contribution in [0, 0.1) is 18.7 Å². The van der Waals surface area contributed by atoms with E-state index in [0.29, 0.717) is 24.5 Å². The molecule has 180 valence electrons. The molecule has 0 spiro atoms. The number of rotatable bonds is 5. The topological polar surface area (TPSA) is 88.8 Å². The Balaban J connectivity index is 1.60. The van der Waals surface area contributed by atoms with Crippen molar-refractivity contribution in [2.24, 2.45) is 5.92 Å². The number of nitrogens with zero attached hydrogens (tertiary/aromatic N) is 6. The Morgan fingerprint density at radius 1 is 1.18 bits per heavy atom. The molecule has 3 heterocycles. The summed E-state index contributed by atoms with van der Waals surface area (Å²) < 4.78 is 53.1. The largest absolute Gasteiger partial charge is 0.419 e. The molecule has 2 atom stereocenters. The SMILES string of the molecule is Cc1ccc(F)c(-n2nccn2)c1C(=O)N1CCC[C@@H](C)[C@H]1CNc1ncc(C(F)(F)F)cn1. The average molecular weight is 477 g/mol. The number of amides is 1. The maximum atomic E-state index is 14.8. The molecule has 1 aliphatic rings. The van der Waals surface area contributed by atoms with Crippen LogP contribution in [-0.4, -0.2) is 54.9 Å². The van der Waals surface area contributed by atoms with Gasteiger partial charge in [0, 0.05) is 25.5 Å². The summed E-state index contributed by atoms with van der Waals surface area (Å²) in [4.78, 5) is 24.0. The molecule has 0 radical (unpaired) electrons. The van der Waals surface area contributed by atoms with Gasteiger partial charge in [-0.3, -0.25) is 4.79 Å². The fraction of sp³-hybridized carbons (Fsp3) is 0.409.